The van der Waals surface area contributed by atoms with Crippen LogP contribution < -0.4 is 16.0 Å². The monoisotopic (exact) mass is 308 g/mol. The summed E-state index contributed by atoms with van der Waals surface area (Å²) in [6.07, 6.45) is 2.02. The Morgan fingerprint density at radius 1 is 1.22 bits per heavy atom. The number of nitrogens with two attached hydrogens (primary N) is 1. The number of anilines is 2. The molecule has 2 aromatic heterocycles. The number of hydrogen-bond donors (Lipinski definition) is 3. The fourth-order valence-electron chi connectivity index (χ4n) is 3.26. The van der Waals surface area contributed by atoms with Crippen molar-refractivity contribution in [3.63, 3.8) is 0 Å². The summed E-state index contributed by atoms with van der Waals surface area (Å²) in [6, 6.07) is 10.6. The second-order valence-electron chi connectivity index (χ2n) is 5.94. The predicted molar refractivity (Wildman–Crippen MR) is 93.4 cm³/mol. The molecule has 6 nitrogen and oxygen atoms in total. The minimum Gasteiger partial charge on any atom is -0.368 e. The lowest BCUT2D eigenvalue weighted by molar-refractivity contribution is 0.502. The van der Waals surface area contributed by atoms with E-state index >= 15 is 0 Å². The van der Waals surface area contributed by atoms with E-state index in [4.69, 9.17) is 5.73 Å². The van der Waals surface area contributed by atoms with Gasteiger partial charge in [-0.2, -0.15) is 4.98 Å². The van der Waals surface area contributed by atoms with Crippen LogP contribution in [0.5, 0.6) is 0 Å². The van der Waals surface area contributed by atoms with E-state index in [0.29, 0.717) is 6.04 Å². The standard InChI is InChI=1S/C17H20N6/c1-11-9-19-7-8-23(11)13-10-20-16-14(13)15(21-17(18)22-16)12-5-3-2-4-6-12/h2-6,10-11,19H,7-9H2,1H3,(H3,18,20,21,22). The number of nitrogen functional groups attached to an aromatic ring is 1. The average molecular weight is 308 g/mol. The van der Waals surface area contributed by atoms with Gasteiger partial charge in [0, 0.05) is 37.4 Å². The van der Waals surface area contributed by atoms with Crippen LogP contribution in [-0.4, -0.2) is 40.6 Å². The van der Waals surface area contributed by atoms with E-state index in [1.807, 2.05) is 24.4 Å². The number of H-pyrrole nitrogens is 1. The highest BCUT2D eigenvalue weighted by atomic mass is 15.2. The van der Waals surface area contributed by atoms with Crippen molar-refractivity contribution >= 4 is 22.7 Å². The first-order valence-electron chi connectivity index (χ1n) is 7.91. The van der Waals surface area contributed by atoms with E-state index in [0.717, 1.165) is 47.6 Å². The molecular formula is C17H20N6. The molecule has 118 valence electrons. The van der Waals surface area contributed by atoms with E-state index in [1.54, 1.807) is 0 Å². The van der Waals surface area contributed by atoms with Gasteiger partial charge in [0.25, 0.3) is 0 Å². The molecule has 0 spiro atoms. The number of hydrogen-bond acceptors (Lipinski definition) is 5. The van der Waals surface area contributed by atoms with Crippen LogP contribution in [0.4, 0.5) is 11.6 Å². The SMILES string of the molecule is CC1CNCCN1c1c[nH]c2nc(N)nc(-c3ccccc3)c12. The molecule has 0 aliphatic carbocycles. The van der Waals surface area contributed by atoms with E-state index < -0.39 is 0 Å². The molecule has 4 N–H and O–H groups in total. The zero-order valence-electron chi connectivity index (χ0n) is 13.1. The third-order valence-corrected chi connectivity index (χ3v) is 4.39. The first kappa shape index (κ1) is 14.0. The van der Waals surface area contributed by atoms with Gasteiger partial charge in [0.15, 0.2) is 0 Å². The number of fused-ring (bicyclic) bond motifs is 1. The van der Waals surface area contributed by atoms with Crippen molar-refractivity contribution in [2.24, 2.45) is 0 Å². The third-order valence-electron chi connectivity index (χ3n) is 4.39. The maximum absolute atomic E-state index is 5.91. The van der Waals surface area contributed by atoms with Crippen molar-refractivity contribution in [3.05, 3.63) is 36.5 Å². The van der Waals surface area contributed by atoms with Crippen LogP contribution in [0.15, 0.2) is 36.5 Å². The Labute approximate surface area is 134 Å². The molecule has 0 bridgehead atoms. The molecule has 6 heteroatoms. The van der Waals surface area contributed by atoms with Gasteiger partial charge in [0.1, 0.15) is 5.65 Å². The highest BCUT2D eigenvalue weighted by Crippen LogP contribution is 2.35. The Hall–Kier alpha value is -2.60. The van der Waals surface area contributed by atoms with Crippen molar-refractivity contribution in [3.8, 4) is 11.3 Å². The Balaban J connectivity index is 1.93. The van der Waals surface area contributed by atoms with Gasteiger partial charge in [-0.25, -0.2) is 4.98 Å². The van der Waals surface area contributed by atoms with Gasteiger partial charge < -0.3 is 20.9 Å². The first-order valence-corrected chi connectivity index (χ1v) is 7.91. The van der Waals surface area contributed by atoms with Crippen LogP contribution >= 0.6 is 0 Å². The lowest BCUT2D eigenvalue weighted by Gasteiger charge is -2.35. The molecule has 1 aromatic carbocycles. The summed E-state index contributed by atoms with van der Waals surface area (Å²) in [4.78, 5) is 14.6. The smallest absolute Gasteiger partial charge is 0.222 e. The molecule has 3 heterocycles. The molecule has 1 fully saturated rings. The van der Waals surface area contributed by atoms with Gasteiger partial charge in [-0.05, 0) is 6.92 Å². The Kier molecular flexibility index (Phi) is 3.38. The topological polar surface area (TPSA) is 82.9 Å². The maximum Gasteiger partial charge on any atom is 0.222 e. The van der Waals surface area contributed by atoms with Crippen LogP contribution in [0, 0.1) is 0 Å². The zero-order chi connectivity index (χ0) is 15.8. The molecular weight excluding hydrogens is 288 g/mol. The van der Waals surface area contributed by atoms with Crippen LogP contribution in [0.25, 0.3) is 22.3 Å². The van der Waals surface area contributed by atoms with Crippen LogP contribution in [0.3, 0.4) is 0 Å². The highest BCUT2D eigenvalue weighted by molar-refractivity contribution is 6.01. The van der Waals surface area contributed by atoms with Crippen molar-refractivity contribution in [2.75, 3.05) is 30.3 Å². The third kappa shape index (κ3) is 2.41. The molecule has 0 radical (unpaired) electrons. The van der Waals surface area contributed by atoms with E-state index in [-0.39, 0.29) is 5.95 Å². The molecule has 0 saturated carbocycles. The van der Waals surface area contributed by atoms with Crippen LogP contribution in [0.1, 0.15) is 6.92 Å². The lowest BCUT2D eigenvalue weighted by Crippen LogP contribution is -2.49. The maximum atomic E-state index is 5.91. The number of aromatic nitrogens is 3. The van der Waals surface area contributed by atoms with E-state index in [2.05, 4.69) is 44.2 Å². The van der Waals surface area contributed by atoms with E-state index in [1.165, 1.54) is 0 Å². The lowest BCUT2D eigenvalue weighted by atomic mass is 10.1. The number of rotatable bonds is 2. The van der Waals surface area contributed by atoms with Crippen LogP contribution in [-0.2, 0) is 0 Å². The summed E-state index contributed by atoms with van der Waals surface area (Å²) in [5.41, 5.74) is 9.78. The Bertz CT molecular complexity index is 826. The minimum absolute atomic E-state index is 0.290. The molecule has 1 saturated heterocycles. The van der Waals surface area contributed by atoms with Crippen molar-refractivity contribution < 1.29 is 0 Å². The fourth-order valence-corrected chi connectivity index (χ4v) is 3.26. The zero-order valence-corrected chi connectivity index (χ0v) is 13.1. The highest BCUT2D eigenvalue weighted by Gasteiger charge is 2.23. The summed E-state index contributed by atoms with van der Waals surface area (Å²) >= 11 is 0. The van der Waals surface area contributed by atoms with E-state index in [9.17, 15) is 0 Å². The second kappa shape index (κ2) is 5.55. The number of benzene rings is 1. The summed E-state index contributed by atoms with van der Waals surface area (Å²) in [6.45, 7) is 5.15. The Morgan fingerprint density at radius 3 is 2.83 bits per heavy atom. The first-order chi connectivity index (χ1) is 11.2. The van der Waals surface area contributed by atoms with Crippen molar-refractivity contribution in [2.45, 2.75) is 13.0 Å². The molecule has 23 heavy (non-hydrogen) atoms. The number of aromatic amines is 1. The molecule has 1 aliphatic heterocycles. The van der Waals surface area contributed by atoms with Crippen LogP contribution in [0.2, 0.25) is 0 Å². The molecule has 1 atom stereocenters. The second-order valence-corrected chi connectivity index (χ2v) is 5.94. The number of nitrogens with zero attached hydrogens (tertiary/aromatic N) is 3. The molecule has 4 rings (SSSR count). The Morgan fingerprint density at radius 2 is 2.04 bits per heavy atom. The van der Waals surface area contributed by atoms with Gasteiger partial charge in [-0.1, -0.05) is 30.3 Å². The average Bonchev–Trinajstić information content (AvgIpc) is 2.99. The van der Waals surface area contributed by atoms with Gasteiger partial charge in [0.05, 0.1) is 16.8 Å². The molecule has 1 aliphatic rings. The fraction of sp³-hybridized carbons (Fsp3) is 0.294. The molecule has 1 unspecified atom stereocenters. The molecule has 3 aromatic rings. The summed E-state index contributed by atoms with van der Waals surface area (Å²) in [5.74, 6) is 0.290. The van der Waals surface area contributed by atoms with Gasteiger partial charge in [-0.3, -0.25) is 0 Å². The molecule has 0 amide bonds. The van der Waals surface area contributed by atoms with Gasteiger partial charge in [-0.15, -0.1) is 0 Å². The summed E-state index contributed by atoms with van der Waals surface area (Å²) < 4.78 is 0. The minimum atomic E-state index is 0.290. The van der Waals surface area contributed by atoms with Crippen molar-refractivity contribution in [1.82, 2.24) is 20.3 Å². The van der Waals surface area contributed by atoms with Crippen molar-refractivity contribution in [1.29, 1.82) is 0 Å². The van der Waals surface area contributed by atoms with Gasteiger partial charge >= 0.3 is 0 Å². The summed E-state index contributed by atoms with van der Waals surface area (Å²) in [7, 11) is 0. The largest absolute Gasteiger partial charge is 0.368 e. The normalized spacial score (nSPS) is 18.5. The number of nitrogens with one attached hydrogen (secondary N) is 2. The summed E-state index contributed by atoms with van der Waals surface area (Å²) in [5, 5.41) is 4.47. The number of piperazine rings is 1. The predicted octanol–water partition coefficient (Wildman–Crippen LogP) is 2.01. The van der Waals surface area contributed by atoms with Gasteiger partial charge in [0.2, 0.25) is 5.95 Å². The quantitative estimate of drug-likeness (QED) is 0.674.